The Morgan fingerprint density at radius 2 is 2.00 bits per heavy atom. The zero-order valence-corrected chi connectivity index (χ0v) is 13.2. The third-order valence-corrected chi connectivity index (χ3v) is 4.53. The Bertz CT molecular complexity index is 831. The molecule has 0 atom stereocenters. The first kappa shape index (κ1) is 14.9. The number of carbonyl (C=O) groups is 1. The van der Waals surface area contributed by atoms with Crippen LogP contribution in [0.5, 0.6) is 0 Å². The average molecular weight is 332 g/mol. The van der Waals surface area contributed by atoms with Gasteiger partial charge in [-0.1, -0.05) is 42.1 Å². The number of carbonyl (C=O) groups excluding carboxylic acids is 1. The first-order chi connectivity index (χ1) is 10.7. The second kappa shape index (κ2) is 6.42. The van der Waals surface area contributed by atoms with Gasteiger partial charge in [0, 0.05) is 11.6 Å². The van der Waals surface area contributed by atoms with E-state index in [-0.39, 0.29) is 0 Å². The topological polar surface area (TPSA) is 71.8 Å². The number of nitrogens with two attached hydrogens (primary N) is 1. The number of amides is 1. The van der Waals surface area contributed by atoms with Crippen molar-refractivity contribution in [2.75, 3.05) is 0 Å². The summed E-state index contributed by atoms with van der Waals surface area (Å²) in [5.41, 5.74) is 9.52. The normalized spacial score (nSPS) is 11.0. The van der Waals surface area contributed by atoms with Crippen LogP contribution in [-0.2, 0) is 11.6 Å². The molecule has 22 heavy (non-hydrogen) atoms. The van der Waals surface area contributed by atoms with Crippen LogP contribution in [0.3, 0.4) is 0 Å². The number of imidazole rings is 1. The molecular formula is C16H14ClN3OS. The maximum atomic E-state index is 11.4. The van der Waals surface area contributed by atoms with Gasteiger partial charge >= 0.3 is 0 Å². The number of benzene rings is 2. The van der Waals surface area contributed by atoms with Crippen molar-refractivity contribution in [3.05, 3.63) is 59.2 Å². The maximum absolute atomic E-state index is 11.4. The predicted molar refractivity (Wildman–Crippen MR) is 90.2 cm³/mol. The minimum atomic E-state index is -0.469. The fraction of sp³-hybridized carbons (Fsp3) is 0.125. The SMILES string of the molecule is NC(=O)c1cccc2[nH]c(SCc3cccc(CCl)c3)nc12. The number of hydrogen-bond acceptors (Lipinski definition) is 3. The molecule has 0 unspecified atom stereocenters. The van der Waals surface area contributed by atoms with Crippen molar-refractivity contribution in [2.24, 2.45) is 5.73 Å². The summed E-state index contributed by atoms with van der Waals surface area (Å²) in [6.45, 7) is 0. The first-order valence-corrected chi connectivity index (χ1v) is 8.24. The summed E-state index contributed by atoms with van der Waals surface area (Å²) in [6, 6.07) is 13.5. The van der Waals surface area contributed by atoms with Crippen LogP contribution in [0, 0.1) is 0 Å². The standard InChI is InChI=1S/C16H14ClN3OS/c17-8-10-3-1-4-11(7-10)9-22-16-19-13-6-2-5-12(15(18)21)14(13)20-16/h1-7H,8-9H2,(H2,18,21)(H,19,20). The fourth-order valence-electron chi connectivity index (χ4n) is 2.23. The molecule has 112 valence electrons. The molecule has 2 aromatic carbocycles. The smallest absolute Gasteiger partial charge is 0.250 e. The molecule has 3 N–H and O–H groups in total. The fourth-order valence-corrected chi connectivity index (χ4v) is 3.22. The van der Waals surface area contributed by atoms with Crippen molar-refractivity contribution < 1.29 is 4.79 Å². The molecule has 4 nitrogen and oxygen atoms in total. The van der Waals surface area contributed by atoms with E-state index in [0.717, 1.165) is 22.0 Å². The van der Waals surface area contributed by atoms with Gasteiger partial charge in [0.25, 0.3) is 5.91 Å². The predicted octanol–water partition coefficient (Wildman–Crippen LogP) is 3.69. The molecular weight excluding hydrogens is 318 g/mol. The largest absolute Gasteiger partial charge is 0.366 e. The molecule has 3 aromatic rings. The van der Waals surface area contributed by atoms with Crippen molar-refractivity contribution in [1.29, 1.82) is 0 Å². The van der Waals surface area contributed by atoms with Crippen molar-refractivity contribution in [3.63, 3.8) is 0 Å². The molecule has 0 bridgehead atoms. The molecule has 0 spiro atoms. The lowest BCUT2D eigenvalue weighted by atomic mass is 10.2. The molecule has 6 heteroatoms. The molecule has 0 aliphatic carbocycles. The highest BCUT2D eigenvalue weighted by Crippen LogP contribution is 2.25. The Kier molecular flexibility index (Phi) is 4.36. The number of rotatable bonds is 5. The van der Waals surface area contributed by atoms with Crippen LogP contribution < -0.4 is 5.73 Å². The zero-order valence-electron chi connectivity index (χ0n) is 11.7. The van der Waals surface area contributed by atoms with Crippen molar-refractivity contribution in [2.45, 2.75) is 16.8 Å². The average Bonchev–Trinajstić information content (AvgIpc) is 2.95. The molecule has 0 aliphatic rings. The van der Waals surface area contributed by atoms with Crippen LogP contribution in [-0.4, -0.2) is 15.9 Å². The van der Waals surface area contributed by atoms with Gasteiger partial charge in [-0.05, 0) is 23.3 Å². The van der Waals surface area contributed by atoms with Crippen molar-refractivity contribution >= 4 is 40.3 Å². The lowest BCUT2D eigenvalue weighted by Crippen LogP contribution is -2.11. The number of fused-ring (bicyclic) bond motifs is 1. The number of para-hydroxylation sites is 1. The monoisotopic (exact) mass is 331 g/mol. The summed E-state index contributed by atoms with van der Waals surface area (Å²) in [5.74, 6) is 0.810. The Morgan fingerprint density at radius 3 is 2.77 bits per heavy atom. The highest BCUT2D eigenvalue weighted by molar-refractivity contribution is 7.98. The van der Waals surface area contributed by atoms with Gasteiger partial charge in [0.2, 0.25) is 0 Å². The van der Waals surface area contributed by atoms with Gasteiger partial charge in [-0.3, -0.25) is 4.79 Å². The summed E-state index contributed by atoms with van der Waals surface area (Å²) >= 11 is 7.42. The Labute approximate surface area is 137 Å². The van der Waals surface area contributed by atoms with E-state index in [1.807, 2.05) is 18.2 Å². The summed E-state index contributed by atoms with van der Waals surface area (Å²) in [6.07, 6.45) is 0. The molecule has 0 saturated heterocycles. The molecule has 0 saturated carbocycles. The van der Waals surface area contributed by atoms with Gasteiger partial charge < -0.3 is 10.7 Å². The van der Waals surface area contributed by atoms with Gasteiger partial charge in [-0.15, -0.1) is 11.6 Å². The number of hydrogen-bond donors (Lipinski definition) is 2. The molecule has 0 radical (unpaired) electrons. The third-order valence-electron chi connectivity index (χ3n) is 3.28. The first-order valence-electron chi connectivity index (χ1n) is 6.72. The van der Waals surface area contributed by atoms with Crippen molar-refractivity contribution in [3.8, 4) is 0 Å². The number of aromatic nitrogens is 2. The number of nitrogens with zero attached hydrogens (tertiary/aromatic N) is 1. The van der Waals surface area contributed by atoms with E-state index in [0.29, 0.717) is 17.0 Å². The van der Waals surface area contributed by atoms with Gasteiger partial charge in [0.05, 0.1) is 11.1 Å². The molecule has 1 amide bonds. The Balaban J connectivity index is 1.82. The number of halogens is 1. The van der Waals surface area contributed by atoms with Gasteiger partial charge in [-0.25, -0.2) is 4.98 Å². The second-order valence-corrected chi connectivity index (χ2v) is 6.08. The Hall–Kier alpha value is -1.98. The van der Waals surface area contributed by atoms with Crippen LogP contribution in [0.25, 0.3) is 11.0 Å². The van der Waals surface area contributed by atoms with E-state index in [4.69, 9.17) is 17.3 Å². The summed E-state index contributed by atoms with van der Waals surface area (Å²) in [4.78, 5) is 19.1. The van der Waals surface area contributed by atoms with Crippen LogP contribution >= 0.6 is 23.4 Å². The van der Waals surface area contributed by atoms with Gasteiger partial charge in [-0.2, -0.15) is 0 Å². The summed E-state index contributed by atoms with van der Waals surface area (Å²) < 4.78 is 0. The number of H-pyrrole nitrogens is 1. The number of alkyl halides is 1. The zero-order chi connectivity index (χ0) is 15.5. The molecule has 0 fully saturated rings. The quantitative estimate of drug-likeness (QED) is 0.553. The van der Waals surface area contributed by atoms with Crippen LogP contribution in [0.4, 0.5) is 0 Å². The number of thioether (sulfide) groups is 1. The van der Waals surface area contributed by atoms with E-state index < -0.39 is 5.91 Å². The van der Waals surface area contributed by atoms with E-state index >= 15 is 0 Å². The van der Waals surface area contributed by atoms with Gasteiger partial charge in [0.15, 0.2) is 5.16 Å². The highest BCUT2D eigenvalue weighted by Gasteiger charge is 2.11. The van der Waals surface area contributed by atoms with Crippen molar-refractivity contribution in [1.82, 2.24) is 9.97 Å². The lowest BCUT2D eigenvalue weighted by molar-refractivity contribution is 0.100. The lowest BCUT2D eigenvalue weighted by Gasteiger charge is -2.01. The molecule has 0 aliphatic heterocycles. The van der Waals surface area contributed by atoms with E-state index in [9.17, 15) is 4.79 Å². The van der Waals surface area contributed by atoms with Crippen LogP contribution in [0.2, 0.25) is 0 Å². The highest BCUT2D eigenvalue weighted by atomic mass is 35.5. The number of primary amides is 1. The minimum Gasteiger partial charge on any atom is -0.366 e. The number of aromatic amines is 1. The van der Waals surface area contributed by atoms with Crippen LogP contribution in [0.1, 0.15) is 21.5 Å². The van der Waals surface area contributed by atoms with E-state index in [1.165, 1.54) is 5.56 Å². The van der Waals surface area contributed by atoms with E-state index in [2.05, 4.69) is 22.1 Å². The Morgan fingerprint density at radius 1 is 1.23 bits per heavy atom. The third kappa shape index (κ3) is 3.10. The maximum Gasteiger partial charge on any atom is 0.250 e. The molecule has 1 aromatic heterocycles. The summed E-state index contributed by atoms with van der Waals surface area (Å²) in [5, 5.41) is 0.764. The summed E-state index contributed by atoms with van der Waals surface area (Å²) in [7, 11) is 0. The van der Waals surface area contributed by atoms with Crippen LogP contribution in [0.15, 0.2) is 47.6 Å². The van der Waals surface area contributed by atoms with E-state index in [1.54, 1.807) is 23.9 Å². The second-order valence-electron chi connectivity index (χ2n) is 4.85. The number of nitrogens with one attached hydrogen (secondary N) is 1. The molecule has 1 heterocycles. The minimum absolute atomic E-state index is 0.435. The molecule has 3 rings (SSSR count). The van der Waals surface area contributed by atoms with Gasteiger partial charge in [0.1, 0.15) is 5.52 Å².